The molecule has 1 unspecified atom stereocenters. The fourth-order valence-corrected chi connectivity index (χ4v) is 8.10. The molecule has 266 valence electrons. The summed E-state index contributed by atoms with van der Waals surface area (Å²) < 4.78 is 29.3. The second-order valence-corrected chi connectivity index (χ2v) is 18.9. The molecule has 12 nitrogen and oxygen atoms in total. The fourth-order valence-electron chi connectivity index (χ4n) is 7.12. The van der Waals surface area contributed by atoms with Crippen molar-refractivity contribution in [2.45, 2.75) is 129 Å². The summed E-state index contributed by atoms with van der Waals surface area (Å²) in [4.78, 5) is 68.9. The van der Waals surface area contributed by atoms with Crippen LogP contribution in [0.3, 0.4) is 0 Å². The van der Waals surface area contributed by atoms with Gasteiger partial charge in [0.15, 0.2) is 9.84 Å². The van der Waals surface area contributed by atoms with E-state index in [-0.39, 0.29) is 47.8 Å². The van der Waals surface area contributed by atoms with Gasteiger partial charge in [-0.2, -0.15) is 0 Å². The Kier molecular flexibility index (Phi) is 12.0. The first kappa shape index (κ1) is 38.5. The number of nitrogens with zero attached hydrogens (tertiary/aromatic N) is 1. The minimum Gasteiger partial charge on any atom is -0.444 e. The molecule has 0 aromatic rings. The minimum absolute atomic E-state index is 0.0383. The van der Waals surface area contributed by atoms with Crippen LogP contribution in [0.2, 0.25) is 0 Å². The summed E-state index contributed by atoms with van der Waals surface area (Å²) in [6, 6.07) is -3.02. The number of Topliss-reactive ketones (excluding diaryl/α,β-unsaturated/α-hetero) is 1. The van der Waals surface area contributed by atoms with Gasteiger partial charge in [-0.25, -0.2) is 13.2 Å². The van der Waals surface area contributed by atoms with E-state index < -0.39 is 62.0 Å². The molecule has 0 aromatic heterocycles. The van der Waals surface area contributed by atoms with Crippen LogP contribution in [0, 0.1) is 23.2 Å². The molecule has 3 aliphatic rings. The summed E-state index contributed by atoms with van der Waals surface area (Å²) in [7, 11) is -3.52. The number of carbonyl (C=O) groups is 5. The Balaban J connectivity index is 1.81. The van der Waals surface area contributed by atoms with Gasteiger partial charge < -0.3 is 25.6 Å². The van der Waals surface area contributed by atoms with E-state index in [9.17, 15) is 32.4 Å². The number of amides is 4. The third kappa shape index (κ3) is 9.35. The molecule has 0 radical (unpaired) electrons. The highest BCUT2D eigenvalue weighted by Crippen LogP contribution is 2.57. The molecule has 0 spiro atoms. The van der Waals surface area contributed by atoms with Crippen molar-refractivity contribution < 1.29 is 37.1 Å². The van der Waals surface area contributed by atoms with Crippen LogP contribution in [0.25, 0.3) is 0 Å². The maximum Gasteiger partial charge on any atom is 0.408 e. The molecule has 13 heteroatoms. The highest BCUT2D eigenvalue weighted by Gasteiger charge is 2.61. The number of nitrogens with one attached hydrogen (secondary N) is 3. The van der Waals surface area contributed by atoms with Gasteiger partial charge in [0.05, 0.1) is 10.5 Å². The zero-order valence-corrected chi connectivity index (χ0v) is 30.3. The molecular formula is C34H56N4O8S. The van der Waals surface area contributed by atoms with E-state index >= 15 is 0 Å². The van der Waals surface area contributed by atoms with E-state index in [4.69, 9.17) is 4.74 Å². The largest absolute Gasteiger partial charge is 0.444 e. The normalized spacial score (nSPS) is 24.2. The number of carbonyl (C=O) groups excluding carboxylic acids is 5. The maximum absolute atomic E-state index is 14.4. The van der Waals surface area contributed by atoms with Crippen LogP contribution in [0.15, 0.2) is 12.7 Å². The number of sulfone groups is 1. The molecule has 3 N–H and O–H groups in total. The van der Waals surface area contributed by atoms with E-state index in [2.05, 4.69) is 36.4 Å². The van der Waals surface area contributed by atoms with Crippen molar-refractivity contribution >= 4 is 39.4 Å². The second-order valence-electron chi connectivity index (χ2n) is 16.1. The number of alkyl carbamates (subject to hydrolysis) is 1. The predicted molar refractivity (Wildman–Crippen MR) is 179 cm³/mol. The summed E-state index contributed by atoms with van der Waals surface area (Å²) in [5, 5.41) is 7.92. The molecule has 0 aromatic carbocycles. The minimum atomic E-state index is -3.52. The lowest BCUT2D eigenvalue weighted by Gasteiger charge is -2.48. The zero-order valence-electron chi connectivity index (χ0n) is 29.4. The number of likely N-dealkylation sites (tertiary alicyclic amines) is 1. The molecule has 1 aliphatic heterocycles. The average Bonchev–Trinajstić information content (AvgIpc) is 3.28. The van der Waals surface area contributed by atoms with E-state index in [0.29, 0.717) is 13.0 Å². The number of hydrogen-bond donors (Lipinski definition) is 3. The Hall–Kier alpha value is -2.96. The summed E-state index contributed by atoms with van der Waals surface area (Å²) in [6.45, 7) is 17.9. The van der Waals surface area contributed by atoms with Crippen molar-refractivity contribution in [3.05, 3.63) is 12.7 Å². The SMILES string of the molecule is C=CCC(NC(=O)[C@@H]1[C@H]2CC(C)(C)[C@H]2CN1C(=O)[C@@H](NC(=O)OC(C)(C)C)C1CCCCC1)C(=O)C(=O)NCCS(=O)(=O)C(C)(C)C. The van der Waals surface area contributed by atoms with Crippen LogP contribution in [-0.2, 0) is 33.8 Å². The van der Waals surface area contributed by atoms with Crippen molar-refractivity contribution in [1.29, 1.82) is 0 Å². The van der Waals surface area contributed by atoms with Gasteiger partial charge in [0.25, 0.3) is 5.91 Å². The van der Waals surface area contributed by atoms with E-state index in [0.717, 1.165) is 32.1 Å². The first-order valence-electron chi connectivity index (χ1n) is 16.8. The van der Waals surface area contributed by atoms with Crippen molar-refractivity contribution in [1.82, 2.24) is 20.9 Å². The number of ketones is 1. The van der Waals surface area contributed by atoms with Crippen LogP contribution in [0.1, 0.15) is 100 Å². The summed E-state index contributed by atoms with van der Waals surface area (Å²) in [5.41, 5.74) is -0.871. The maximum atomic E-state index is 14.4. The lowest BCUT2D eigenvalue weighted by molar-refractivity contribution is -0.144. The van der Waals surface area contributed by atoms with Gasteiger partial charge in [-0.15, -0.1) is 6.58 Å². The first-order valence-corrected chi connectivity index (χ1v) is 18.5. The molecule has 3 rings (SSSR count). The third-order valence-electron chi connectivity index (χ3n) is 9.88. The van der Waals surface area contributed by atoms with Gasteiger partial charge in [-0.1, -0.05) is 39.2 Å². The zero-order chi connectivity index (χ0) is 35.5. The van der Waals surface area contributed by atoms with Crippen molar-refractivity contribution in [2.75, 3.05) is 18.8 Å². The number of rotatable bonds is 12. The van der Waals surface area contributed by atoms with Crippen LogP contribution >= 0.6 is 0 Å². The quantitative estimate of drug-likeness (QED) is 0.209. The Morgan fingerprint density at radius 2 is 1.62 bits per heavy atom. The number of ether oxygens (including phenoxy) is 1. The first-order chi connectivity index (χ1) is 21.6. The van der Waals surface area contributed by atoms with Gasteiger partial charge in [-0.05, 0) is 90.4 Å². The summed E-state index contributed by atoms with van der Waals surface area (Å²) >= 11 is 0. The lowest BCUT2D eigenvalue weighted by Crippen LogP contribution is -2.59. The van der Waals surface area contributed by atoms with Crippen molar-refractivity contribution in [3.63, 3.8) is 0 Å². The smallest absolute Gasteiger partial charge is 0.408 e. The second kappa shape index (κ2) is 14.7. The van der Waals surface area contributed by atoms with Gasteiger partial charge in [0, 0.05) is 13.1 Å². The highest BCUT2D eigenvalue weighted by atomic mass is 32.2. The molecule has 47 heavy (non-hydrogen) atoms. The van der Waals surface area contributed by atoms with Gasteiger partial charge >= 0.3 is 6.09 Å². The summed E-state index contributed by atoms with van der Waals surface area (Å²) in [6.07, 6.45) is 5.81. The van der Waals surface area contributed by atoms with Crippen molar-refractivity contribution in [3.8, 4) is 0 Å². The topological polar surface area (TPSA) is 168 Å². The number of hydrogen-bond acceptors (Lipinski definition) is 8. The Labute approximate surface area is 280 Å². The van der Waals surface area contributed by atoms with Crippen LogP contribution in [0.4, 0.5) is 4.79 Å². The monoisotopic (exact) mass is 680 g/mol. The standard InChI is InChI=1S/C34H56N4O8S/c1-10-14-24(27(39)29(41)35-17-18-47(44,45)33(5,6)7)36-28(40)26-22-19-34(8,9)23(22)20-38(26)30(42)25(21-15-12-11-13-16-21)37-31(43)46-32(2,3)4/h10,21-26H,1,11-20H2,2-9H3,(H,35,41)(H,36,40)(H,37,43)/t22-,23-,24?,25-,26-/m0/s1. The average molecular weight is 681 g/mol. The molecular weight excluding hydrogens is 624 g/mol. The van der Waals surface area contributed by atoms with Crippen LogP contribution < -0.4 is 16.0 Å². The molecule has 5 atom stereocenters. The van der Waals surface area contributed by atoms with Crippen LogP contribution in [-0.4, -0.2) is 90.2 Å². The third-order valence-corrected chi connectivity index (χ3v) is 12.5. The van der Waals surface area contributed by atoms with E-state index in [1.807, 2.05) is 0 Å². The molecule has 1 heterocycles. The molecule has 2 aliphatic carbocycles. The lowest BCUT2D eigenvalue weighted by atomic mass is 9.55. The molecule has 1 saturated heterocycles. The molecule has 0 bridgehead atoms. The van der Waals surface area contributed by atoms with E-state index in [1.165, 1.54) is 6.08 Å². The molecule has 3 fully saturated rings. The fraction of sp³-hybridized carbons (Fsp3) is 0.794. The number of fused-ring (bicyclic) bond motifs is 1. The van der Waals surface area contributed by atoms with E-state index in [1.54, 1.807) is 46.4 Å². The predicted octanol–water partition coefficient (Wildman–Crippen LogP) is 3.29. The molecule has 2 saturated carbocycles. The highest BCUT2D eigenvalue weighted by molar-refractivity contribution is 7.92. The Bertz CT molecular complexity index is 1320. The van der Waals surface area contributed by atoms with Gasteiger partial charge in [0.2, 0.25) is 17.6 Å². The molecule has 4 amide bonds. The van der Waals surface area contributed by atoms with Gasteiger partial charge in [0.1, 0.15) is 23.7 Å². The summed E-state index contributed by atoms with van der Waals surface area (Å²) in [5.74, 6) is -3.41. The Morgan fingerprint density at radius 1 is 1.00 bits per heavy atom. The van der Waals surface area contributed by atoms with Crippen molar-refractivity contribution in [2.24, 2.45) is 23.2 Å². The Morgan fingerprint density at radius 3 is 2.15 bits per heavy atom. The van der Waals surface area contributed by atoms with Crippen LogP contribution in [0.5, 0.6) is 0 Å². The van der Waals surface area contributed by atoms with Gasteiger partial charge in [-0.3, -0.25) is 19.2 Å².